The highest BCUT2D eigenvalue weighted by Crippen LogP contribution is 2.22. The van der Waals surface area contributed by atoms with Crippen LogP contribution >= 0.6 is 0 Å². The summed E-state index contributed by atoms with van der Waals surface area (Å²) in [6.07, 6.45) is 8.48. The summed E-state index contributed by atoms with van der Waals surface area (Å²) >= 11 is 0. The van der Waals surface area contributed by atoms with Crippen LogP contribution in [0, 0.1) is 5.92 Å². The second kappa shape index (κ2) is 7.00. The first-order valence-electron chi connectivity index (χ1n) is 8.79. The highest BCUT2D eigenvalue weighted by Gasteiger charge is 2.22. The van der Waals surface area contributed by atoms with E-state index in [1.165, 1.54) is 6.42 Å². The van der Waals surface area contributed by atoms with Crippen molar-refractivity contribution in [2.75, 3.05) is 29.9 Å². The van der Waals surface area contributed by atoms with Crippen LogP contribution in [0.25, 0.3) is 5.65 Å². The molecule has 8 nitrogen and oxygen atoms in total. The average Bonchev–Trinajstić information content (AvgIpc) is 3.15. The maximum Gasteiger partial charge on any atom is 0.225 e. The molecule has 1 fully saturated rings. The van der Waals surface area contributed by atoms with Crippen molar-refractivity contribution in [1.82, 2.24) is 29.8 Å². The van der Waals surface area contributed by atoms with E-state index in [0.717, 1.165) is 55.5 Å². The Morgan fingerprint density at radius 2 is 2.16 bits per heavy atom. The minimum Gasteiger partial charge on any atom is -0.382 e. The SMILES string of the molecule is CCc1cc(NCC2CCCN(c3ncccn3)C2)c2nncn2n1. The van der Waals surface area contributed by atoms with Gasteiger partial charge in [0.1, 0.15) is 6.33 Å². The lowest BCUT2D eigenvalue weighted by Crippen LogP contribution is -2.39. The smallest absolute Gasteiger partial charge is 0.225 e. The number of anilines is 2. The van der Waals surface area contributed by atoms with Gasteiger partial charge in [-0.15, -0.1) is 10.2 Å². The number of fused-ring (bicyclic) bond motifs is 1. The van der Waals surface area contributed by atoms with Gasteiger partial charge in [-0.3, -0.25) is 0 Å². The minimum absolute atomic E-state index is 0.541. The molecule has 0 spiro atoms. The molecular weight excluding hydrogens is 316 g/mol. The van der Waals surface area contributed by atoms with Crippen molar-refractivity contribution in [3.8, 4) is 0 Å². The van der Waals surface area contributed by atoms with E-state index in [-0.39, 0.29) is 0 Å². The summed E-state index contributed by atoms with van der Waals surface area (Å²) in [4.78, 5) is 11.0. The standard InChI is InChI=1S/C17H22N8/c1-2-14-9-15(16-22-21-12-25(16)23-14)20-10-13-5-3-8-24(11-13)17-18-6-4-7-19-17/h4,6-7,9,12-13,20H,2-3,5,8,10-11H2,1H3. The van der Waals surface area contributed by atoms with Crippen LogP contribution in [0.5, 0.6) is 0 Å². The van der Waals surface area contributed by atoms with E-state index in [2.05, 4.69) is 48.5 Å². The molecule has 0 amide bonds. The van der Waals surface area contributed by atoms with Crippen molar-refractivity contribution in [1.29, 1.82) is 0 Å². The lowest BCUT2D eigenvalue weighted by Gasteiger charge is -2.32. The summed E-state index contributed by atoms with van der Waals surface area (Å²) in [5, 5.41) is 16.2. The van der Waals surface area contributed by atoms with Crippen molar-refractivity contribution in [3.63, 3.8) is 0 Å². The van der Waals surface area contributed by atoms with Gasteiger partial charge in [0, 0.05) is 32.0 Å². The number of hydrogen-bond donors (Lipinski definition) is 1. The molecule has 0 aromatic carbocycles. The molecule has 1 atom stereocenters. The number of nitrogens with one attached hydrogen (secondary N) is 1. The fraction of sp³-hybridized carbons (Fsp3) is 0.471. The minimum atomic E-state index is 0.541. The highest BCUT2D eigenvalue weighted by atomic mass is 15.3. The Balaban J connectivity index is 1.45. The summed E-state index contributed by atoms with van der Waals surface area (Å²) < 4.78 is 1.74. The number of piperidine rings is 1. The topological polar surface area (TPSA) is 84.1 Å². The van der Waals surface area contributed by atoms with E-state index in [1.807, 2.05) is 6.07 Å². The predicted molar refractivity (Wildman–Crippen MR) is 95.6 cm³/mol. The highest BCUT2D eigenvalue weighted by molar-refractivity contribution is 5.66. The zero-order valence-electron chi connectivity index (χ0n) is 14.3. The van der Waals surface area contributed by atoms with Crippen LogP contribution in [0.4, 0.5) is 11.6 Å². The maximum absolute atomic E-state index is 4.49. The largest absolute Gasteiger partial charge is 0.382 e. The van der Waals surface area contributed by atoms with Crippen molar-refractivity contribution in [3.05, 3.63) is 36.5 Å². The van der Waals surface area contributed by atoms with Gasteiger partial charge in [0.2, 0.25) is 11.6 Å². The Kier molecular flexibility index (Phi) is 4.41. The zero-order chi connectivity index (χ0) is 17.1. The van der Waals surface area contributed by atoms with Crippen LogP contribution in [0.1, 0.15) is 25.5 Å². The van der Waals surface area contributed by atoms with Gasteiger partial charge < -0.3 is 10.2 Å². The summed E-state index contributed by atoms with van der Waals surface area (Å²) in [7, 11) is 0. The molecule has 1 aliphatic heterocycles. The molecule has 0 radical (unpaired) electrons. The third-order valence-corrected chi connectivity index (χ3v) is 4.62. The Bertz CT molecular complexity index is 831. The molecule has 130 valence electrons. The van der Waals surface area contributed by atoms with E-state index in [0.29, 0.717) is 5.92 Å². The number of aromatic nitrogens is 6. The Morgan fingerprint density at radius 1 is 1.28 bits per heavy atom. The molecule has 3 aromatic heterocycles. The molecule has 4 rings (SSSR count). The molecule has 1 unspecified atom stereocenters. The van der Waals surface area contributed by atoms with Crippen LogP contribution in [-0.4, -0.2) is 49.4 Å². The Hall–Kier alpha value is -2.77. The van der Waals surface area contributed by atoms with Gasteiger partial charge in [0.25, 0.3) is 0 Å². The first kappa shape index (κ1) is 15.7. The molecule has 0 aliphatic carbocycles. The number of hydrogen-bond acceptors (Lipinski definition) is 7. The first-order chi connectivity index (χ1) is 12.3. The lowest BCUT2D eigenvalue weighted by molar-refractivity contribution is 0.428. The van der Waals surface area contributed by atoms with E-state index >= 15 is 0 Å². The van der Waals surface area contributed by atoms with Gasteiger partial charge in [-0.2, -0.15) is 9.61 Å². The number of nitrogens with zero attached hydrogens (tertiary/aromatic N) is 7. The molecule has 8 heteroatoms. The summed E-state index contributed by atoms with van der Waals surface area (Å²) in [6, 6.07) is 3.93. The molecule has 1 N–H and O–H groups in total. The van der Waals surface area contributed by atoms with Crippen molar-refractivity contribution in [2.24, 2.45) is 5.92 Å². The quantitative estimate of drug-likeness (QED) is 0.759. The number of aryl methyl sites for hydroxylation is 1. The van der Waals surface area contributed by atoms with Gasteiger partial charge in [-0.25, -0.2) is 9.97 Å². The summed E-state index contributed by atoms with van der Waals surface area (Å²) in [6.45, 7) is 4.97. The molecule has 4 heterocycles. The van der Waals surface area contributed by atoms with Crippen LogP contribution in [0.2, 0.25) is 0 Å². The van der Waals surface area contributed by atoms with Crippen molar-refractivity contribution < 1.29 is 0 Å². The predicted octanol–water partition coefficient (Wildman–Crippen LogP) is 1.81. The van der Waals surface area contributed by atoms with Gasteiger partial charge in [-0.05, 0) is 37.3 Å². The summed E-state index contributed by atoms with van der Waals surface area (Å²) in [5.41, 5.74) is 2.80. The van der Waals surface area contributed by atoms with Crippen LogP contribution in [0.15, 0.2) is 30.9 Å². The van der Waals surface area contributed by atoms with Crippen LogP contribution in [-0.2, 0) is 6.42 Å². The van der Waals surface area contributed by atoms with Crippen molar-refractivity contribution >= 4 is 17.3 Å². The third-order valence-electron chi connectivity index (χ3n) is 4.62. The molecular formula is C17H22N8. The average molecular weight is 338 g/mol. The van der Waals surface area contributed by atoms with E-state index in [4.69, 9.17) is 0 Å². The zero-order valence-corrected chi connectivity index (χ0v) is 14.3. The fourth-order valence-corrected chi connectivity index (χ4v) is 3.30. The molecule has 0 saturated carbocycles. The van der Waals surface area contributed by atoms with Gasteiger partial charge in [0.05, 0.1) is 11.4 Å². The fourth-order valence-electron chi connectivity index (χ4n) is 3.30. The third kappa shape index (κ3) is 3.38. The Labute approximate surface area is 146 Å². The normalized spacial score (nSPS) is 17.8. The maximum atomic E-state index is 4.49. The lowest BCUT2D eigenvalue weighted by atomic mass is 9.98. The molecule has 3 aromatic rings. The van der Waals surface area contributed by atoms with Crippen molar-refractivity contribution in [2.45, 2.75) is 26.2 Å². The van der Waals surface area contributed by atoms with Crippen LogP contribution in [0.3, 0.4) is 0 Å². The molecule has 25 heavy (non-hydrogen) atoms. The Morgan fingerprint density at radius 3 is 3.00 bits per heavy atom. The van der Waals surface area contributed by atoms with E-state index < -0.39 is 0 Å². The second-order valence-corrected chi connectivity index (χ2v) is 6.39. The van der Waals surface area contributed by atoms with Gasteiger partial charge >= 0.3 is 0 Å². The summed E-state index contributed by atoms with van der Waals surface area (Å²) in [5.74, 6) is 1.36. The molecule has 0 bridgehead atoms. The number of rotatable bonds is 5. The van der Waals surface area contributed by atoms with E-state index in [1.54, 1.807) is 23.2 Å². The second-order valence-electron chi connectivity index (χ2n) is 6.39. The van der Waals surface area contributed by atoms with Gasteiger partial charge in [-0.1, -0.05) is 6.92 Å². The van der Waals surface area contributed by atoms with E-state index in [9.17, 15) is 0 Å². The van der Waals surface area contributed by atoms with Crippen LogP contribution < -0.4 is 10.2 Å². The first-order valence-corrected chi connectivity index (χ1v) is 8.79. The molecule has 1 aliphatic rings. The monoisotopic (exact) mass is 338 g/mol. The van der Waals surface area contributed by atoms with Gasteiger partial charge in [0.15, 0.2) is 0 Å². The molecule has 1 saturated heterocycles.